The third-order valence-electron chi connectivity index (χ3n) is 4.37. The van der Waals surface area contributed by atoms with Gasteiger partial charge in [0.25, 0.3) is 0 Å². The van der Waals surface area contributed by atoms with Crippen LogP contribution in [0.3, 0.4) is 0 Å². The predicted molar refractivity (Wildman–Crippen MR) is 84.8 cm³/mol. The van der Waals surface area contributed by atoms with Crippen LogP contribution in [0.2, 0.25) is 0 Å². The van der Waals surface area contributed by atoms with Crippen LogP contribution in [0.25, 0.3) is 0 Å². The number of aliphatic hydroxyl groups is 1. The quantitative estimate of drug-likeness (QED) is 0.877. The number of hydrogen-bond acceptors (Lipinski definition) is 6. The zero-order valence-corrected chi connectivity index (χ0v) is 14.1. The van der Waals surface area contributed by atoms with Gasteiger partial charge in [0.1, 0.15) is 0 Å². The summed E-state index contributed by atoms with van der Waals surface area (Å²) in [5, 5.41) is 17.6. The topological polar surface area (TPSA) is 80.2 Å². The zero-order valence-electron chi connectivity index (χ0n) is 14.1. The highest BCUT2D eigenvalue weighted by Gasteiger charge is 2.31. The highest BCUT2D eigenvalue weighted by Crippen LogP contribution is 2.33. The van der Waals surface area contributed by atoms with E-state index in [-0.39, 0.29) is 18.6 Å². The molecule has 7 heteroatoms. The molecule has 0 spiro atoms. The van der Waals surface area contributed by atoms with Crippen LogP contribution >= 0.6 is 0 Å². The highest BCUT2D eigenvalue weighted by atomic mass is 16.5. The molecule has 0 unspecified atom stereocenters. The van der Waals surface area contributed by atoms with Crippen molar-refractivity contribution in [3.05, 3.63) is 29.2 Å². The number of aliphatic hydroxyl groups excluding tert-OH is 1. The summed E-state index contributed by atoms with van der Waals surface area (Å²) >= 11 is 0. The van der Waals surface area contributed by atoms with Gasteiger partial charge in [-0.1, -0.05) is 19.0 Å². The molecule has 1 fully saturated rings. The standard InChI is InChI=1S/C16H25N5O2/c1-11(2)15-17-16(23-19-15)14-5-4-6-20(14)9-13-10-21(7-8-22)18-12(13)3/h10-11,14,22H,4-9H2,1-3H3/t14-/m1/s1. The van der Waals surface area contributed by atoms with Crippen molar-refractivity contribution in [3.63, 3.8) is 0 Å². The maximum absolute atomic E-state index is 9.04. The Balaban J connectivity index is 1.73. The Morgan fingerprint density at radius 2 is 2.26 bits per heavy atom. The molecule has 1 N–H and O–H groups in total. The molecular weight excluding hydrogens is 294 g/mol. The minimum absolute atomic E-state index is 0.104. The van der Waals surface area contributed by atoms with Gasteiger partial charge in [0.2, 0.25) is 5.89 Å². The fraction of sp³-hybridized carbons (Fsp3) is 0.688. The van der Waals surface area contributed by atoms with Crippen molar-refractivity contribution in [2.45, 2.75) is 58.7 Å². The van der Waals surface area contributed by atoms with Gasteiger partial charge in [-0.25, -0.2) is 0 Å². The summed E-state index contributed by atoms with van der Waals surface area (Å²) in [4.78, 5) is 6.95. The lowest BCUT2D eigenvalue weighted by atomic mass is 10.2. The van der Waals surface area contributed by atoms with Crippen molar-refractivity contribution in [2.24, 2.45) is 0 Å². The van der Waals surface area contributed by atoms with E-state index in [0.29, 0.717) is 6.54 Å². The molecule has 3 rings (SSSR count). The molecule has 0 bridgehead atoms. The molecule has 23 heavy (non-hydrogen) atoms. The summed E-state index contributed by atoms with van der Waals surface area (Å²) < 4.78 is 7.30. The molecule has 1 aliphatic heterocycles. The predicted octanol–water partition coefficient (Wildman–Crippen LogP) is 2.03. The normalized spacial score (nSPS) is 19.1. The summed E-state index contributed by atoms with van der Waals surface area (Å²) in [6, 6.07) is 0.190. The van der Waals surface area contributed by atoms with E-state index in [0.717, 1.165) is 43.3 Å². The number of rotatable bonds is 6. The fourth-order valence-electron chi connectivity index (χ4n) is 3.06. The van der Waals surface area contributed by atoms with Gasteiger partial charge in [0.15, 0.2) is 5.82 Å². The smallest absolute Gasteiger partial charge is 0.244 e. The van der Waals surface area contributed by atoms with Crippen LogP contribution in [-0.4, -0.2) is 43.1 Å². The molecule has 0 saturated carbocycles. The third-order valence-corrected chi connectivity index (χ3v) is 4.37. The van der Waals surface area contributed by atoms with Crippen molar-refractivity contribution in [2.75, 3.05) is 13.2 Å². The number of likely N-dealkylation sites (tertiary alicyclic amines) is 1. The molecule has 0 radical (unpaired) electrons. The fourth-order valence-corrected chi connectivity index (χ4v) is 3.06. The number of aryl methyl sites for hydroxylation is 1. The van der Waals surface area contributed by atoms with Crippen LogP contribution in [0, 0.1) is 6.92 Å². The number of nitrogens with zero attached hydrogens (tertiary/aromatic N) is 5. The Kier molecular flexibility index (Phi) is 4.77. The van der Waals surface area contributed by atoms with E-state index in [1.54, 1.807) is 4.68 Å². The molecule has 7 nitrogen and oxygen atoms in total. The lowest BCUT2D eigenvalue weighted by Gasteiger charge is -2.20. The SMILES string of the molecule is Cc1nn(CCO)cc1CN1CCC[C@@H]1c1nc(C(C)C)no1. The summed E-state index contributed by atoms with van der Waals surface area (Å²) in [5.74, 6) is 1.78. The maximum atomic E-state index is 9.04. The summed E-state index contributed by atoms with van der Waals surface area (Å²) in [5.41, 5.74) is 2.20. The van der Waals surface area contributed by atoms with E-state index in [4.69, 9.17) is 9.63 Å². The Hall–Kier alpha value is -1.73. The van der Waals surface area contributed by atoms with Crippen LogP contribution in [0.15, 0.2) is 10.7 Å². The van der Waals surface area contributed by atoms with Gasteiger partial charge in [-0.15, -0.1) is 0 Å². The number of aromatic nitrogens is 4. The first-order valence-corrected chi connectivity index (χ1v) is 8.29. The van der Waals surface area contributed by atoms with Crippen molar-refractivity contribution < 1.29 is 9.63 Å². The summed E-state index contributed by atoms with van der Waals surface area (Å²) in [6.07, 6.45) is 4.20. The first kappa shape index (κ1) is 16.1. The monoisotopic (exact) mass is 319 g/mol. The molecule has 0 aliphatic carbocycles. The van der Waals surface area contributed by atoms with Gasteiger partial charge in [-0.05, 0) is 26.3 Å². The maximum Gasteiger partial charge on any atom is 0.244 e. The minimum atomic E-state index is 0.104. The zero-order chi connectivity index (χ0) is 16.4. The minimum Gasteiger partial charge on any atom is -0.394 e. The van der Waals surface area contributed by atoms with Gasteiger partial charge in [-0.2, -0.15) is 10.1 Å². The molecule has 2 aromatic heterocycles. The van der Waals surface area contributed by atoms with E-state index in [1.807, 2.05) is 13.1 Å². The van der Waals surface area contributed by atoms with Crippen LogP contribution in [0.4, 0.5) is 0 Å². The van der Waals surface area contributed by atoms with Crippen LogP contribution < -0.4 is 0 Å². The molecule has 1 atom stereocenters. The lowest BCUT2D eigenvalue weighted by molar-refractivity contribution is 0.200. The lowest BCUT2D eigenvalue weighted by Crippen LogP contribution is -2.23. The molecule has 3 heterocycles. The second-order valence-corrected chi connectivity index (χ2v) is 6.50. The first-order chi connectivity index (χ1) is 11.1. The van der Waals surface area contributed by atoms with E-state index in [1.165, 1.54) is 5.56 Å². The van der Waals surface area contributed by atoms with Crippen molar-refractivity contribution in [3.8, 4) is 0 Å². The molecular formula is C16H25N5O2. The van der Waals surface area contributed by atoms with E-state index >= 15 is 0 Å². The van der Waals surface area contributed by atoms with E-state index < -0.39 is 0 Å². The second-order valence-electron chi connectivity index (χ2n) is 6.50. The summed E-state index contributed by atoms with van der Waals surface area (Å²) in [6.45, 7) is 8.63. The van der Waals surface area contributed by atoms with Gasteiger partial charge in [-0.3, -0.25) is 9.58 Å². The van der Waals surface area contributed by atoms with Gasteiger partial charge in [0.05, 0.1) is 24.9 Å². The van der Waals surface area contributed by atoms with Crippen molar-refractivity contribution in [1.29, 1.82) is 0 Å². The van der Waals surface area contributed by atoms with E-state index in [9.17, 15) is 0 Å². The Labute approximate surface area is 136 Å². The van der Waals surface area contributed by atoms with Gasteiger partial charge >= 0.3 is 0 Å². The first-order valence-electron chi connectivity index (χ1n) is 8.29. The Morgan fingerprint density at radius 1 is 1.43 bits per heavy atom. The molecule has 126 valence electrons. The van der Waals surface area contributed by atoms with Gasteiger partial charge in [0, 0.05) is 24.2 Å². The molecule has 1 aliphatic rings. The molecule has 0 amide bonds. The highest BCUT2D eigenvalue weighted by molar-refractivity contribution is 5.16. The van der Waals surface area contributed by atoms with Crippen LogP contribution in [-0.2, 0) is 13.1 Å². The Bertz CT molecular complexity index is 649. The largest absolute Gasteiger partial charge is 0.394 e. The Morgan fingerprint density at radius 3 is 2.96 bits per heavy atom. The summed E-state index contributed by atoms with van der Waals surface area (Å²) in [7, 11) is 0. The van der Waals surface area contributed by atoms with Crippen molar-refractivity contribution in [1.82, 2.24) is 24.8 Å². The molecule has 2 aromatic rings. The molecule has 1 saturated heterocycles. The van der Waals surface area contributed by atoms with Crippen molar-refractivity contribution >= 4 is 0 Å². The van der Waals surface area contributed by atoms with Gasteiger partial charge < -0.3 is 9.63 Å². The van der Waals surface area contributed by atoms with E-state index in [2.05, 4.69) is 34.0 Å². The van der Waals surface area contributed by atoms with Crippen LogP contribution in [0.5, 0.6) is 0 Å². The molecule has 0 aromatic carbocycles. The van der Waals surface area contributed by atoms with Crippen LogP contribution in [0.1, 0.15) is 61.6 Å². The average molecular weight is 319 g/mol. The number of hydrogen-bond donors (Lipinski definition) is 1. The second kappa shape index (κ2) is 6.80. The third kappa shape index (κ3) is 3.45. The average Bonchev–Trinajstić information content (AvgIpc) is 3.20.